The van der Waals surface area contributed by atoms with Crippen LogP contribution in [0.4, 0.5) is 0 Å². The molecule has 1 aliphatic heterocycles. The predicted molar refractivity (Wildman–Crippen MR) is 118 cm³/mol. The molecule has 0 N–H and O–H groups in total. The third-order valence-corrected chi connectivity index (χ3v) is 6.28. The molecule has 0 aliphatic carbocycles. The number of rotatable bonds is 5. The predicted octanol–water partition coefficient (Wildman–Crippen LogP) is 5.95. The largest absolute Gasteiger partial charge is 0.437 e. The number of halogens is 1. The summed E-state index contributed by atoms with van der Waals surface area (Å²) in [4.78, 5) is 24.3. The molecule has 1 amide bonds. The number of ether oxygens (including phenoxy) is 1. The maximum atomic E-state index is 12.7. The summed E-state index contributed by atoms with van der Waals surface area (Å²) in [7, 11) is 0. The number of hydrogen-bond donors (Lipinski definition) is 0. The van der Waals surface area contributed by atoms with Crippen molar-refractivity contribution in [1.82, 2.24) is 14.9 Å². The van der Waals surface area contributed by atoms with Crippen LogP contribution in [0.3, 0.4) is 0 Å². The number of carbonyl (C=O) groups is 1. The van der Waals surface area contributed by atoms with Crippen LogP contribution in [0.1, 0.15) is 30.1 Å². The Morgan fingerprint density at radius 3 is 2.40 bits per heavy atom. The Balaban J connectivity index is 1.45. The smallest absolute Gasteiger partial charge is 0.253 e. The first-order valence-corrected chi connectivity index (χ1v) is 11.1. The standard InChI is InChI=1S/C23H22ClN3O2S/c1-16-10-14-27(15-11-16)23(28)17-2-6-19(7-3-17)29-21-22(26-13-12-25-21)30-20-8-4-18(24)5-9-20/h2-9,12-13,16H,10-11,14-15H2,1H3. The van der Waals surface area contributed by atoms with Crippen molar-refractivity contribution in [3.8, 4) is 11.6 Å². The molecule has 30 heavy (non-hydrogen) atoms. The van der Waals surface area contributed by atoms with Gasteiger partial charge >= 0.3 is 0 Å². The molecule has 1 aromatic heterocycles. The van der Waals surface area contributed by atoms with E-state index in [9.17, 15) is 4.79 Å². The Labute approximate surface area is 185 Å². The van der Waals surface area contributed by atoms with Crippen molar-refractivity contribution in [2.24, 2.45) is 5.92 Å². The Morgan fingerprint density at radius 2 is 1.70 bits per heavy atom. The fourth-order valence-corrected chi connectivity index (χ4v) is 4.15. The van der Waals surface area contributed by atoms with Gasteiger partial charge in [0.2, 0.25) is 0 Å². The van der Waals surface area contributed by atoms with Crippen molar-refractivity contribution >= 4 is 29.3 Å². The molecular weight excluding hydrogens is 418 g/mol. The normalized spacial score (nSPS) is 14.5. The first-order chi connectivity index (χ1) is 14.6. The number of piperidine rings is 1. The number of nitrogens with zero attached hydrogens (tertiary/aromatic N) is 3. The van der Waals surface area contributed by atoms with E-state index in [0.29, 0.717) is 33.2 Å². The van der Waals surface area contributed by atoms with Crippen LogP contribution < -0.4 is 4.74 Å². The van der Waals surface area contributed by atoms with Gasteiger partial charge in [0.1, 0.15) is 5.75 Å². The molecule has 1 fully saturated rings. The monoisotopic (exact) mass is 439 g/mol. The maximum absolute atomic E-state index is 12.7. The third kappa shape index (κ3) is 5.12. The molecule has 1 aliphatic rings. The zero-order chi connectivity index (χ0) is 20.9. The van der Waals surface area contributed by atoms with Crippen LogP contribution in [0, 0.1) is 5.92 Å². The average Bonchev–Trinajstić information content (AvgIpc) is 2.77. The van der Waals surface area contributed by atoms with Crippen molar-refractivity contribution in [2.75, 3.05) is 13.1 Å². The van der Waals surface area contributed by atoms with Gasteiger partial charge in [-0.15, -0.1) is 0 Å². The van der Waals surface area contributed by atoms with Crippen molar-refractivity contribution in [3.63, 3.8) is 0 Å². The lowest BCUT2D eigenvalue weighted by Gasteiger charge is -2.30. The van der Waals surface area contributed by atoms with Gasteiger partial charge < -0.3 is 9.64 Å². The number of amides is 1. The van der Waals surface area contributed by atoms with Gasteiger partial charge in [-0.05, 0) is 67.3 Å². The first-order valence-electron chi connectivity index (χ1n) is 9.90. The van der Waals surface area contributed by atoms with Gasteiger partial charge in [-0.3, -0.25) is 4.79 Å². The zero-order valence-electron chi connectivity index (χ0n) is 16.6. The molecule has 154 valence electrons. The lowest BCUT2D eigenvalue weighted by atomic mass is 9.98. The van der Waals surface area contributed by atoms with E-state index in [4.69, 9.17) is 16.3 Å². The molecule has 0 bridgehead atoms. The summed E-state index contributed by atoms with van der Waals surface area (Å²) in [5.74, 6) is 1.79. The highest BCUT2D eigenvalue weighted by Gasteiger charge is 2.21. The highest BCUT2D eigenvalue weighted by Crippen LogP contribution is 2.34. The summed E-state index contributed by atoms with van der Waals surface area (Å²) < 4.78 is 5.95. The summed E-state index contributed by atoms with van der Waals surface area (Å²) in [5.41, 5.74) is 0.673. The van der Waals surface area contributed by atoms with E-state index in [1.54, 1.807) is 36.7 Å². The van der Waals surface area contributed by atoms with E-state index in [1.807, 2.05) is 29.2 Å². The number of aromatic nitrogens is 2. The van der Waals surface area contributed by atoms with Crippen molar-refractivity contribution < 1.29 is 9.53 Å². The molecule has 5 nitrogen and oxygen atoms in total. The average molecular weight is 440 g/mol. The highest BCUT2D eigenvalue weighted by atomic mass is 35.5. The summed E-state index contributed by atoms with van der Waals surface area (Å²) in [5, 5.41) is 1.34. The summed E-state index contributed by atoms with van der Waals surface area (Å²) >= 11 is 7.41. The van der Waals surface area contributed by atoms with Gasteiger partial charge in [0, 0.05) is 41.0 Å². The first kappa shape index (κ1) is 20.7. The van der Waals surface area contributed by atoms with E-state index in [1.165, 1.54) is 11.8 Å². The van der Waals surface area contributed by atoms with E-state index in [0.717, 1.165) is 30.8 Å². The van der Waals surface area contributed by atoms with Crippen LogP contribution in [0.15, 0.2) is 70.8 Å². The molecule has 0 atom stereocenters. The fourth-order valence-electron chi connectivity index (χ4n) is 3.24. The maximum Gasteiger partial charge on any atom is 0.253 e. The third-order valence-electron chi connectivity index (χ3n) is 5.05. The number of likely N-dealkylation sites (tertiary alicyclic amines) is 1. The van der Waals surface area contributed by atoms with Crippen molar-refractivity contribution in [1.29, 1.82) is 0 Å². The SMILES string of the molecule is CC1CCN(C(=O)c2ccc(Oc3nccnc3Sc3ccc(Cl)cc3)cc2)CC1. The number of carbonyl (C=O) groups excluding carboxylic acids is 1. The minimum atomic E-state index is 0.0759. The molecule has 3 aromatic rings. The van der Waals surface area contributed by atoms with Crippen molar-refractivity contribution in [2.45, 2.75) is 29.7 Å². The Kier molecular flexibility index (Phi) is 6.55. The Hall–Kier alpha value is -2.57. The zero-order valence-corrected chi connectivity index (χ0v) is 18.2. The minimum absolute atomic E-state index is 0.0759. The van der Waals surface area contributed by atoms with Gasteiger partial charge in [-0.1, -0.05) is 30.3 Å². The molecule has 4 rings (SSSR count). The molecular formula is C23H22ClN3O2S. The highest BCUT2D eigenvalue weighted by molar-refractivity contribution is 7.99. The number of hydrogen-bond acceptors (Lipinski definition) is 5. The lowest BCUT2D eigenvalue weighted by molar-refractivity contribution is 0.0697. The molecule has 7 heteroatoms. The van der Waals surface area contributed by atoms with Gasteiger partial charge in [-0.25, -0.2) is 9.97 Å². The lowest BCUT2D eigenvalue weighted by Crippen LogP contribution is -2.37. The Bertz CT molecular complexity index is 1000. The van der Waals surface area contributed by atoms with Crippen LogP contribution in [0.5, 0.6) is 11.6 Å². The van der Waals surface area contributed by atoms with E-state index in [-0.39, 0.29) is 5.91 Å². The van der Waals surface area contributed by atoms with E-state index >= 15 is 0 Å². The second kappa shape index (κ2) is 9.49. The molecule has 2 aromatic carbocycles. The fraction of sp³-hybridized carbons (Fsp3) is 0.261. The van der Waals surface area contributed by atoms with Gasteiger partial charge in [0.05, 0.1) is 0 Å². The van der Waals surface area contributed by atoms with Crippen LogP contribution >= 0.6 is 23.4 Å². The number of benzene rings is 2. The van der Waals surface area contributed by atoms with E-state index in [2.05, 4.69) is 16.9 Å². The summed E-state index contributed by atoms with van der Waals surface area (Å²) in [6, 6.07) is 14.7. The van der Waals surface area contributed by atoms with Crippen LogP contribution in [0.2, 0.25) is 5.02 Å². The van der Waals surface area contributed by atoms with Crippen molar-refractivity contribution in [3.05, 3.63) is 71.5 Å². The van der Waals surface area contributed by atoms with Gasteiger partial charge in [0.25, 0.3) is 11.8 Å². The molecule has 1 saturated heterocycles. The van der Waals surface area contributed by atoms with Gasteiger partial charge in [0.15, 0.2) is 5.03 Å². The topological polar surface area (TPSA) is 55.3 Å². The quantitative estimate of drug-likeness (QED) is 0.492. The second-order valence-corrected chi connectivity index (χ2v) is 8.82. The molecule has 0 saturated carbocycles. The van der Waals surface area contributed by atoms with Crippen LogP contribution in [-0.2, 0) is 0 Å². The Morgan fingerprint density at radius 1 is 1.03 bits per heavy atom. The molecule has 0 spiro atoms. The van der Waals surface area contributed by atoms with Gasteiger partial charge in [-0.2, -0.15) is 0 Å². The minimum Gasteiger partial charge on any atom is -0.437 e. The molecule has 0 unspecified atom stereocenters. The summed E-state index contributed by atoms with van der Waals surface area (Å²) in [6.07, 6.45) is 5.35. The van der Waals surface area contributed by atoms with Crippen LogP contribution in [0.25, 0.3) is 0 Å². The second-order valence-electron chi connectivity index (χ2n) is 7.32. The van der Waals surface area contributed by atoms with E-state index < -0.39 is 0 Å². The molecule has 2 heterocycles. The summed E-state index contributed by atoms with van der Waals surface area (Å²) in [6.45, 7) is 3.88. The molecule has 0 radical (unpaired) electrons. The van der Waals surface area contributed by atoms with Crippen LogP contribution in [-0.4, -0.2) is 33.9 Å².